The number of hydrogen-bond donors (Lipinski definition) is 2. The minimum Gasteiger partial charge on any atom is -0.356 e. The molecule has 0 radical (unpaired) electrons. The van der Waals surface area contributed by atoms with Crippen LogP contribution in [0.2, 0.25) is 0 Å². The maximum atomic E-state index is 12.0. The van der Waals surface area contributed by atoms with Gasteiger partial charge >= 0.3 is 0 Å². The molecule has 2 rings (SSSR count). The van der Waals surface area contributed by atoms with Gasteiger partial charge in [0.15, 0.2) is 5.78 Å². The second-order valence-corrected chi connectivity index (χ2v) is 5.20. The molecule has 4 nitrogen and oxygen atoms in total. The molecule has 1 heterocycles. The maximum absolute atomic E-state index is 12.0. The molecule has 1 amide bonds. The highest BCUT2D eigenvalue weighted by atomic mass is 16.2. The van der Waals surface area contributed by atoms with Crippen LogP contribution in [0.5, 0.6) is 0 Å². The predicted molar refractivity (Wildman–Crippen MR) is 69.7 cm³/mol. The lowest BCUT2D eigenvalue weighted by atomic mass is 9.86. The normalized spacial score (nSPS) is 23.7. The molecule has 1 fully saturated rings. The summed E-state index contributed by atoms with van der Waals surface area (Å²) in [5, 5.41) is 3.06. The molecule has 0 spiro atoms. The Balaban J connectivity index is 2.00. The van der Waals surface area contributed by atoms with Crippen LogP contribution in [0.1, 0.15) is 60.4 Å². The van der Waals surface area contributed by atoms with Crippen molar-refractivity contribution in [2.24, 2.45) is 5.92 Å². The SMILES string of the molecule is CC(=O)c1c[nH]c(C(=O)N[C@H]2CCCC[C@H]2C)c1. The fourth-order valence-electron chi connectivity index (χ4n) is 2.51. The quantitative estimate of drug-likeness (QED) is 0.807. The highest BCUT2D eigenvalue weighted by Crippen LogP contribution is 2.23. The van der Waals surface area contributed by atoms with Crippen molar-refractivity contribution in [3.8, 4) is 0 Å². The largest absolute Gasteiger partial charge is 0.356 e. The summed E-state index contributed by atoms with van der Waals surface area (Å²) in [5.74, 6) is 0.391. The van der Waals surface area contributed by atoms with Crippen molar-refractivity contribution in [2.45, 2.75) is 45.6 Å². The van der Waals surface area contributed by atoms with Crippen molar-refractivity contribution in [2.75, 3.05) is 0 Å². The molecule has 4 heteroatoms. The van der Waals surface area contributed by atoms with Crippen LogP contribution >= 0.6 is 0 Å². The Morgan fingerprint density at radius 1 is 1.33 bits per heavy atom. The zero-order valence-corrected chi connectivity index (χ0v) is 11.0. The minimum atomic E-state index is -0.110. The van der Waals surface area contributed by atoms with Gasteiger partial charge in [-0.3, -0.25) is 9.59 Å². The van der Waals surface area contributed by atoms with Gasteiger partial charge in [0.25, 0.3) is 5.91 Å². The second kappa shape index (κ2) is 5.38. The lowest BCUT2D eigenvalue weighted by molar-refractivity contribution is 0.0905. The third kappa shape index (κ3) is 2.81. The molecule has 18 heavy (non-hydrogen) atoms. The minimum absolute atomic E-state index is 0.0312. The average Bonchev–Trinajstić information content (AvgIpc) is 2.81. The first-order valence-corrected chi connectivity index (χ1v) is 6.58. The molecule has 0 bridgehead atoms. The smallest absolute Gasteiger partial charge is 0.267 e. The number of Topliss-reactive ketones (excluding diaryl/α,β-unsaturated/α-hetero) is 1. The van der Waals surface area contributed by atoms with E-state index in [1.165, 1.54) is 26.2 Å². The monoisotopic (exact) mass is 248 g/mol. The van der Waals surface area contributed by atoms with Crippen molar-refractivity contribution < 1.29 is 9.59 Å². The molecule has 0 saturated heterocycles. The molecule has 1 aliphatic carbocycles. The maximum Gasteiger partial charge on any atom is 0.267 e. The van der Waals surface area contributed by atoms with E-state index in [2.05, 4.69) is 17.2 Å². The lowest BCUT2D eigenvalue weighted by Crippen LogP contribution is -2.41. The summed E-state index contributed by atoms with van der Waals surface area (Å²) in [4.78, 5) is 26.1. The summed E-state index contributed by atoms with van der Waals surface area (Å²) in [7, 11) is 0. The molecule has 98 valence electrons. The second-order valence-electron chi connectivity index (χ2n) is 5.20. The number of rotatable bonds is 3. The van der Waals surface area contributed by atoms with Crippen LogP contribution in [0.25, 0.3) is 0 Å². The van der Waals surface area contributed by atoms with E-state index in [1.54, 1.807) is 12.3 Å². The highest BCUT2D eigenvalue weighted by Gasteiger charge is 2.23. The number of ketones is 1. The number of nitrogens with one attached hydrogen (secondary N) is 2. The van der Waals surface area contributed by atoms with Crippen LogP contribution in [-0.2, 0) is 0 Å². The van der Waals surface area contributed by atoms with Crippen molar-refractivity contribution in [3.63, 3.8) is 0 Å². The van der Waals surface area contributed by atoms with Crippen molar-refractivity contribution >= 4 is 11.7 Å². The van der Waals surface area contributed by atoms with Gasteiger partial charge in [-0.2, -0.15) is 0 Å². The molecule has 0 aliphatic heterocycles. The fraction of sp³-hybridized carbons (Fsp3) is 0.571. The number of carbonyl (C=O) groups excluding carboxylic acids is 2. The molecule has 1 aromatic heterocycles. The van der Waals surface area contributed by atoms with E-state index in [4.69, 9.17) is 0 Å². The van der Waals surface area contributed by atoms with Gasteiger partial charge in [-0.05, 0) is 31.7 Å². The number of hydrogen-bond acceptors (Lipinski definition) is 2. The third-order valence-corrected chi connectivity index (χ3v) is 3.76. The summed E-state index contributed by atoms with van der Waals surface area (Å²) in [5.41, 5.74) is 1.02. The number of carbonyl (C=O) groups is 2. The number of aromatic amines is 1. The Morgan fingerprint density at radius 3 is 2.67 bits per heavy atom. The van der Waals surface area contributed by atoms with Gasteiger partial charge in [0.2, 0.25) is 0 Å². The Labute approximate surface area is 107 Å². The van der Waals surface area contributed by atoms with Crippen LogP contribution < -0.4 is 5.32 Å². The van der Waals surface area contributed by atoms with Crippen molar-refractivity contribution in [3.05, 3.63) is 23.5 Å². The molecule has 0 aromatic carbocycles. The molecular formula is C14H20N2O2. The van der Waals surface area contributed by atoms with Crippen LogP contribution in [0.3, 0.4) is 0 Å². The van der Waals surface area contributed by atoms with Gasteiger partial charge in [-0.25, -0.2) is 0 Å². The Morgan fingerprint density at radius 2 is 2.06 bits per heavy atom. The third-order valence-electron chi connectivity index (χ3n) is 3.76. The highest BCUT2D eigenvalue weighted by molar-refractivity contribution is 5.99. The first kappa shape index (κ1) is 12.9. The van der Waals surface area contributed by atoms with E-state index in [1.807, 2.05) is 0 Å². The average molecular weight is 248 g/mol. The molecule has 1 aliphatic rings. The van der Waals surface area contributed by atoms with Gasteiger partial charge < -0.3 is 10.3 Å². The summed E-state index contributed by atoms with van der Waals surface area (Å²) < 4.78 is 0. The van der Waals surface area contributed by atoms with E-state index in [0.29, 0.717) is 17.2 Å². The fourth-order valence-corrected chi connectivity index (χ4v) is 2.51. The molecule has 2 atom stereocenters. The van der Waals surface area contributed by atoms with Gasteiger partial charge in [0.05, 0.1) is 0 Å². The Bertz CT molecular complexity index is 450. The van der Waals surface area contributed by atoms with Gasteiger partial charge in [0, 0.05) is 17.8 Å². The predicted octanol–water partition coefficient (Wildman–Crippen LogP) is 2.53. The standard InChI is InChI=1S/C14H20N2O2/c1-9-5-3-4-6-12(9)16-14(18)13-7-11(8-15-13)10(2)17/h7-9,12,15H,3-6H2,1-2H3,(H,16,18)/t9-,12+/m1/s1. The van der Waals surface area contributed by atoms with Crippen LogP contribution in [-0.4, -0.2) is 22.7 Å². The molecule has 2 N–H and O–H groups in total. The van der Waals surface area contributed by atoms with Gasteiger partial charge in [-0.1, -0.05) is 19.8 Å². The number of H-pyrrole nitrogens is 1. The Kier molecular flexibility index (Phi) is 3.84. The number of aromatic nitrogens is 1. The van der Waals surface area contributed by atoms with Crippen LogP contribution in [0.15, 0.2) is 12.3 Å². The first-order valence-electron chi connectivity index (χ1n) is 6.58. The molecule has 1 saturated carbocycles. The first-order chi connectivity index (χ1) is 8.58. The summed E-state index contributed by atoms with van der Waals surface area (Å²) in [6.07, 6.45) is 6.24. The topological polar surface area (TPSA) is 62.0 Å². The number of amides is 1. The van der Waals surface area contributed by atoms with Crippen molar-refractivity contribution in [1.82, 2.24) is 10.3 Å². The lowest BCUT2D eigenvalue weighted by Gasteiger charge is -2.29. The van der Waals surface area contributed by atoms with E-state index in [-0.39, 0.29) is 17.7 Å². The molecule has 0 unspecified atom stereocenters. The zero-order chi connectivity index (χ0) is 13.1. The van der Waals surface area contributed by atoms with E-state index in [0.717, 1.165) is 6.42 Å². The zero-order valence-electron chi connectivity index (χ0n) is 11.0. The van der Waals surface area contributed by atoms with Gasteiger partial charge in [-0.15, -0.1) is 0 Å². The Hall–Kier alpha value is -1.58. The molecular weight excluding hydrogens is 228 g/mol. The van der Waals surface area contributed by atoms with E-state index < -0.39 is 0 Å². The van der Waals surface area contributed by atoms with Crippen LogP contribution in [0.4, 0.5) is 0 Å². The van der Waals surface area contributed by atoms with Crippen LogP contribution in [0, 0.1) is 5.92 Å². The van der Waals surface area contributed by atoms with Crippen molar-refractivity contribution in [1.29, 1.82) is 0 Å². The van der Waals surface area contributed by atoms with Gasteiger partial charge in [0.1, 0.15) is 5.69 Å². The summed E-state index contributed by atoms with van der Waals surface area (Å²) >= 11 is 0. The van der Waals surface area contributed by atoms with E-state index in [9.17, 15) is 9.59 Å². The van der Waals surface area contributed by atoms with E-state index >= 15 is 0 Å². The molecule has 1 aromatic rings. The summed E-state index contributed by atoms with van der Waals surface area (Å²) in [6.45, 7) is 3.67. The summed E-state index contributed by atoms with van der Waals surface area (Å²) in [6, 6.07) is 1.88.